The van der Waals surface area contributed by atoms with Crippen molar-refractivity contribution in [2.24, 2.45) is 0 Å². The molecule has 0 saturated heterocycles. The lowest BCUT2D eigenvalue weighted by molar-refractivity contribution is -0.120. The van der Waals surface area contributed by atoms with Crippen LogP contribution in [0.25, 0.3) is 22.5 Å². The molecule has 2 aromatic carbocycles. The van der Waals surface area contributed by atoms with Gasteiger partial charge in [-0.1, -0.05) is 60.7 Å². The number of benzene rings is 2. The Balaban J connectivity index is 1.99. The van der Waals surface area contributed by atoms with Crippen LogP contribution in [0.4, 0.5) is 0 Å². The molecule has 3 rings (SSSR count). The van der Waals surface area contributed by atoms with E-state index in [1.165, 1.54) is 0 Å². The standard InChI is InChI=1S/C19H19N3O/c1-20-17(23)13-12-16-21-18(14-8-4-2-5-9-14)19(22-16)15-10-6-3-7-11-15/h2-11H,12-13H2,1H3,(H,20,23)(H,21,22). The summed E-state index contributed by atoms with van der Waals surface area (Å²) >= 11 is 0. The minimum absolute atomic E-state index is 0.0175. The Labute approximate surface area is 135 Å². The van der Waals surface area contributed by atoms with Gasteiger partial charge in [-0.2, -0.15) is 0 Å². The molecule has 1 aromatic heterocycles. The van der Waals surface area contributed by atoms with Crippen molar-refractivity contribution in [2.75, 3.05) is 7.05 Å². The Morgan fingerprint density at radius 3 is 2.22 bits per heavy atom. The molecule has 2 N–H and O–H groups in total. The lowest BCUT2D eigenvalue weighted by atomic mass is 10.1. The minimum Gasteiger partial charge on any atom is -0.359 e. The lowest BCUT2D eigenvalue weighted by Crippen LogP contribution is -2.18. The second-order valence-corrected chi connectivity index (χ2v) is 5.31. The van der Waals surface area contributed by atoms with E-state index in [4.69, 9.17) is 4.98 Å². The van der Waals surface area contributed by atoms with E-state index in [-0.39, 0.29) is 5.91 Å². The maximum absolute atomic E-state index is 11.5. The second kappa shape index (κ2) is 6.92. The van der Waals surface area contributed by atoms with Gasteiger partial charge in [0.15, 0.2) is 0 Å². The van der Waals surface area contributed by atoms with Crippen LogP contribution in [0.5, 0.6) is 0 Å². The van der Waals surface area contributed by atoms with Crippen molar-refractivity contribution in [2.45, 2.75) is 12.8 Å². The molecule has 3 aromatic rings. The fraction of sp³-hybridized carbons (Fsp3) is 0.158. The summed E-state index contributed by atoms with van der Waals surface area (Å²) in [6.45, 7) is 0. The maximum atomic E-state index is 11.5. The maximum Gasteiger partial charge on any atom is 0.220 e. The zero-order chi connectivity index (χ0) is 16.1. The van der Waals surface area contributed by atoms with E-state index in [1.807, 2.05) is 48.5 Å². The van der Waals surface area contributed by atoms with Gasteiger partial charge in [-0.05, 0) is 0 Å². The van der Waals surface area contributed by atoms with Crippen molar-refractivity contribution in [3.8, 4) is 22.5 Å². The number of rotatable bonds is 5. The molecule has 0 aliphatic heterocycles. The average molecular weight is 305 g/mol. The van der Waals surface area contributed by atoms with Crippen LogP contribution in [0.2, 0.25) is 0 Å². The van der Waals surface area contributed by atoms with Gasteiger partial charge in [0.2, 0.25) is 5.91 Å². The molecule has 0 fully saturated rings. The molecule has 1 amide bonds. The predicted octanol–water partition coefficient (Wildman–Crippen LogP) is 3.42. The number of amides is 1. The molecule has 0 spiro atoms. The van der Waals surface area contributed by atoms with Gasteiger partial charge in [0, 0.05) is 31.0 Å². The highest BCUT2D eigenvalue weighted by Gasteiger charge is 2.14. The van der Waals surface area contributed by atoms with Gasteiger partial charge in [-0.3, -0.25) is 4.79 Å². The smallest absolute Gasteiger partial charge is 0.220 e. The number of nitrogens with zero attached hydrogens (tertiary/aromatic N) is 1. The first kappa shape index (κ1) is 15.0. The third kappa shape index (κ3) is 3.48. The largest absolute Gasteiger partial charge is 0.359 e. The van der Waals surface area contributed by atoms with Crippen molar-refractivity contribution < 1.29 is 4.79 Å². The second-order valence-electron chi connectivity index (χ2n) is 5.31. The molecule has 0 radical (unpaired) electrons. The third-order valence-electron chi connectivity index (χ3n) is 3.73. The number of nitrogens with one attached hydrogen (secondary N) is 2. The summed E-state index contributed by atoms with van der Waals surface area (Å²) in [6, 6.07) is 20.2. The lowest BCUT2D eigenvalue weighted by Gasteiger charge is -2.02. The van der Waals surface area contributed by atoms with Gasteiger partial charge in [-0.25, -0.2) is 4.98 Å². The average Bonchev–Trinajstić information content (AvgIpc) is 3.05. The SMILES string of the molecule is CNC(=O)CCc1nc(-c2ccccc2)c(-c2ccccc2)[nH]1. The van der Waals surface area contributed by atoms with E-state index >= 15 is 0 Å². The van der Waals surface area contributed by atoms with Crippen molar-refractivity contribution in [1.82, 2.24) is 15.3 Å². The summed E-state index contributed by atoms with van der Waals surface area (Å²) in [6.07, 6.45) is 1.01. The van der Waals surface area contributed by atoms with Crippen LogP contribution in [-0.4, -0.2) is 22.9 Å². The molecule has 116 valence electrons. The highest BCUT2D eigenvalue weighted by Crippen LogP contribution is 2.30. The van der Waals surface area contributed by atoms with Crippen LogP contribution in [0.3, 0.4) is 0 Å². The minimum atomic E-state index is 0.0175. The Morgan fingerprint density at radius 1 is 1.00 bits per heavy atom. The molecular weight excluding hydrogens is 286 g/mol. The third-order valence-corrected chi connectivity index (χ3v) is 3.73. The predicted molar refractivity (Wildman–Crippen MR) is 91.8 cm³/mol. The Bertz CT molecular complexity index is 722. The van der Waals surface area contributed by atoms with Gasteiger partial charge in [-0.15, -0.1) is 0 Å². The van der Waals surface area contributed by atoms with E-state index in [2.05, 4.69) is 22.4 Å². The number of aromatic amines is 1. The van der Waals surface area contributed by atoms with Crippen molar-refractivity contribution >= 4 is 5.91 Å². The molecule has 0 saturated carbocycles. The highest BCUT2D eigenvalue weighted by molar-refractivity contribution is 5.79. The van der Waals surface area contributed by atoms with E-state index in [1.54, 1.807) is 7.05 Å². The topological polar surface area (TPSA) is 57.8 Å². The molecule has 23 heavy (non-hydrogen) atoms. The molecule has 4 nitrogen and oxygen atoms in total. The van der Waals surface area contributed by atoms with Gasteiger partial charge < -0.3 is 10.3 Å². The van der Waals surface area contributed by atoms with Crippen molar-refractivity contribution in [3.05, 3.63) is 66.5 Å². The number of hydrogen-bond acceptors (Lipinski definition) is 2. The first-order valence-corrected chi connectivity index (χ1v) is 7.68. The summed E-state index contributed by atoms with van der Waals surface area (Å²) in [7, 11) is 1.65. The van der Waals surface area contributed by atoms with E-state index < -0.39 is 0 Å². The van der Waals surface area contributed by atoms with Crippen LogP contribution in [-0.2, 0) is 11.2 Å². The quantitative estimate of drug-likeness (QED) is 0.759. The monoisotopic (exact) mass is 305 g/mol. The van der Waals surface area contributed by atoms with Crippen LogP contribution in [0.15, 0.2) is 60.7 Å². The summed E-state index contributed by atoms with van der Waals surface area (Å²) < 4.78 is 0. The van der Waals surface area contributed by atoms with Gasteiger partial charge in [0.25, 0.3) is 0 Å². The number of aryl methyl sites for hydroxylation is 1. The first-order chi connectivity index (χ1) is 11.3. The molecule has 0 aliphatic rings. The number of hydrogen-bond donors (Lipinski definition) is 2. The molecule has 4 heteroatoms. The van der Waals surface area contributed by atoms with Crippen LogP contribution in [0, 0.1) is 0 Å². The molecule has 0 atom stereocenters. The van der Waals surface area contributed by atoms with Crippen molar-refractivity contribution in [3.63, 3.8) is 0 Å². The van der Waals surface area contributed by atoms with Crippen LogP contribution in [0.1, 0.15) is 12.2 Å². The van der Waals surface area contributed by atoms with Gasteiger partial charge in [0.1, 0.15) is 5.82 Å². The van der Waals surface area contributed by atoms with E-state index in [0.717, 1.165) is 28.3 Å². The first-order valence-electron chi connectivity index (χ1n) is 7.68. The summed E-state index contributed by atoms with van der Waals surface area (Å²) in [4.78, 5) is 19.6. The summed E-state index contributed by atoms with van der Waals surface area (Å²) in [5.41, 5.74) is 4.06. The zero-order valence-electron chi connectivity index (χ0n) is 13.0. The number of H-pyrrole nitrogens is 1. The fourth-order valence-corrected chi connectivity index (χ4v) is 2.52. The summed E-state index contributed by atoms with van der Waals surface area (Å²) in [5.74, 6) is 0.843. The van der Waals surface area contributed by atoms with E-state index in [0.29, 0.717) is 12.8 Å². The normalized spacial score (nSPS) is 10.5. The summed E-state index contributed by atoms with van der Waals surface area (Å²) in [5, 5.41) is 2.64. The molecule has 0 bridgehead atoms. The number of aromatic nitrogens is 2. The zero-order valence-corrected chi connectivity index (χ0v) is 13.0. The fourth-order valence-electron chi connectivity index (χ4n) is 2.52. The Hall–Kier alpha value is -2.88. The van der Waals surface area contributed by atoms with Gasteiger partial charge >= 0.3 is 0 Å². The molecular formula is C19H19N3O. The van der Waals surface area contributed by atoms with E-state index in [9.17, 15) is 4.79 Å². The Kier molecular flexibility index (Phi) is 4.52. The number of carbonyl (C=O) groups is 1. The number of carbonyl (C=O) groups excluding carboxylic acids is 1. The molecule has 1 heterocycles. The Morgan fingerprint density at radius 2 is 1.61 bits per heavy atom. The molecule has 0 unspecified atom stereocenters. The number of imidazole rings is 1. The van der Waals surface area contributed by atoms with Crippen LogP contribution >= 0.6 is 0 Å². The van der Waals surface area contributed by atoms with Crippen molar-refractivity contribution in [1.29, 1.82) is 0 Å². The van der Waals surface area contributed by atoms with Gasteiger partial charge in [0.05, 0.1) is 11.4 Å². The van der Waals surface area contributed by atoms with Crippen LogP contribution < -0.4 is 5.32 Å². The highest BCUT2D eigenvalue weighted by atomic mass is 16.1. The molecule has 0 aliphatic carbocycles.